The Morgan fingerprint density at radius 3 is 2.58 bits per heavy atom. The Morgan fingerprint density at radius 2 is 1.92 bits per heavy atom. The molecule has 3 N–H and O–H groups in total. The molecule has 2 amide bonds. The first-order valence-corrected chi connectivity index (χ1v) is 7.76. The molecule has 0 unspecified atom stereocenters. The molecule has 0 saturated carbocycles. The van der Waals surface area contributed by atoms with E-state index in [-0.39, 0.29) is 17.7 Å². The second kappa shape index (κ2) is 8.44. The lowest BCUT2D eigenvalue weighted by Gasteiger charge is -2.16. The number of carbonyl (C=O) groups excluding carboxylic acids is 3. The summed E-state index contributed by atoms with van der Waals surface area (Å²) >= 11 is 0. The summed E-state index contributed by atoms with van der Waals surface area (Å²) in [6.45, 7) is 1.26. The first kappa shape index (κ1) is 18.7. The Kier molecular flexibility index (Phi) is 6.06. The van der Waals surface area contributed by atoms with E-state index in [9.17, 15) is 14.4 Å². The van der Waals surface area contributed by atoms with E-state index in [1.807, 2.05) is 6.07 Å². The summed E-state index contributed by atoms with van der Waals surface area (Å²) in [6, 6.07) is 13.8. The lowest BCUT2D eigenvalue weighted by atomic mass is 10.0. The first-order chi connectivity index (χ1) is 12.4. The second-order valence-electron chi connectivity index (χ2n) is 5.57. The number of hydrogen-bond donors (Lipinski definition) is 2. The van der Waals surface area contributed by atoms with Crippen molar-refractivity contribution in [1.29, 1.82) is 5.26 Å². The van der Waals surface area contributed by atoms with E-state index in [0.717, 1.165) is 0 Å². The number of esters is 1. The van der Waals surface area contributed by atoms with Gasteiger partial charge in [-0.25, -0.2) is 0 Å². The Bertz CT molecular complexity index is 886. The molecule has 0 spiro atoms. The number of amides is 2. The number of hydrogen-bond acceptors (Lipinski definition) is 5. The van der Waals surface area contributed by atoms with Gasteiger partial charge in [0.1, 0.15) is 11.8 Å². The molecule has 7 heteroatoms. The van der Waals surface area contributed by atoms with E-state index in [1.54, 1.807) is 30.3 Å². The van der Waals surface area contributed by atoms with Gasteiger partial charge in [0.15, 0.2) is 0 Å². The van der Waals surface area contributed by atoms with Crippen LogP contribution in [0.25, 0.3) is 0 Å². The zero-order valence-corrected chi connectivity index (χ0v) is 14.1. The maximum absolute atomic E-state index is 12.4. The third kappa shape index (κ3) is 5.18. The lowest BCUT2D eigenvalue weighted by Crippen LogP contribution is -2.45. The van der Waals surface area contributed by atoms with Crippen LogP contribution >= 0.6 is 0 Å². The number of rotatable bonds is 6. The Balaban J connectivity index is 2.14. The van der Waals surface area contributed by atoms with Crippen molar-refractivity contribution in [3.63, 3.8) is 0 Å². The highest BCUT2D eigenvalue weighted by Crippen LogP contribution is 2.14. The molecule has 0 aliphatic rings. The first-order valence-electron chi connectivity index (χ1n) is 7.76. The van der Waals surface area contributed by atoms with Crippen LogP contribution in [0.1, 0.15) is 28.4 Å². The number of nitriles is 1. The van der Waals surface area contributed by atoms with Crippen LogP contribution in [0, 0.1) is 11.3 Å². The third-order valence-corrected chi connectivity index (χ3v) is 3.50. The number of carbonyl (C=O) groups is 3. The molecule has 132 valence electrons. The predicted octanol–water partition coefficient (Wildman–Crippen LogP) is 1.31. The monoisotopic (exact) mass is 351 g/mol. The van der Waals surface area contributed by atoms with Crippen LogP contribution in [0.5, 0.6) is 5.75 Å². The number of benzene rings is 2. The van der Waals surface area contributed by atoms with Gasteiger partial charge in [-0.2, -0.15) is 5.26 Å². The van der Waals surface area contributed by atoms with Gasteiger partial charge >= 0.3 is 5.97 Å². The van der Waals surface area contributed by atoms with Crippen LogP contribution in [0.15, 0.2) is 48.5 Å². The zero-order valence-electron chi connectivity index (χ0n) is 14.1. The molecule has 7 nitrogen and oxygen atoms in total. The van der Waals surface area contributed by atoms with Gasteiger partial charge in [-0.15, -0.1) is 0 Å². The second-order valence-corrected chi connectivity index (χ2v) is 5.57. The summed E-state index contributed by atoms with van der Waals surface area (Å²) in [5.41, 5.74) is 6.76. The van der Waals surface area contributed by atoms with Crippen LogP contribution < -0.4 is 15.8 Å². The number of ether oxygens (including phenoxy) is 1. The smallest absolute Gasteiger partial charge is 0.308 e. The normalized spacial score (nSPS) is 11.1. The summed E-state index contributed by atoms with van der Waals surface area (Å²) in [6.07, 6.45) is 0.153. The van der Waals surface area contributed by atoms with E-state index in [1.165, 1.54) is 25.1 Å². The minimum Gasteiger partial charge on any atom is -0.427 e. The molecule has 0 aliphatic heterocycles. The van der Waals surface area contributed by atoms with Gasteiger partial charge in [0.05, 0.1) is 11.6 Å². The van der Waals surface area contributed by atoms with Crippen molar-refractivity contribution in [1.82, 2.24) is 5.32 Å². The SMILES string of the molecule is CC(=O)Oc1cccc(C(=O)N[C@H](Cc2cccc(C#N)c2)C(N)=O)c1. The van der Waals surface area contributed by atoms with E-state index >= 15 is 0 Å². The van der Waals surface area contributed by atoms with Crippen molar-refractivity contribution in [2.45, 2.75) is 19.4 Å². The molecule has 2 aromatic rings. The summed E-state index contributed by atoms with van der Waals surface area (Å²) in [7, 11) is 0. The average molecular weight is 351 g/mol. The van der Waals surface area contributed by atoms with Crippen LogP contribution in [0.4, 0.5) is 0 Å². The predicted molar refractivity (Wildman–Crippen MR) is 93.1 cm³/mol. The van der Waals surface area contributed by atoms with Crippen molar-refractivity contribution in [3.05, 3.63) is 65.2 Å². The molecular weight excluding hydrogens is 334 g/mol. The molecule has 2 rings (SSSR count). The van der Waals surface area contributed by atoms with Crippen molar-refractivity contribution in [2.24, 2.45) is 5.73 Å². The molecule has 26 heavy (non-hydrogen) atoms. The van der Waals surface area contributed by atoms with Gasteiger partial charge in [-0.05, 0) is 35.9 Å². The molecule has 0 saturated heterocycles. The highest BCUT2D eigenvalue weighted by atomic mass is 16.5. The van der Waals surface area contributed by atoms with Gasteiger partial charge in [0.2, 0.25) is 5.91 Å². The summed E-state index contributed by atoms with van der Waals surface area (Å²) in [4.78, 5) is 35.1. The molecule has 0 bridgehead atoms. The van der Waals surface area contributed by atoms with Gasteiger partial charge in [0.25, 0.3) is 5.91 Å². The molecule has 1 atom stereocenters. The molecule has 0 aromatic heterocycles. The zero-order chi connectivity index (χ0) is 19.1. The number of nitrogens with two attached hydrogens (primary N) is 1. The number of nitrogens with zero attached hydrogens (tertiary/aromatic N) is 1. The number of nitrogens with one attached hydrogen (secondary N) is 1. The fourth-order valence-corrected chi connectivity index (χ4v) is 2.33. The van der Waals surface area contributed by atoms with Gasteiger partial charge in [-0.1, -0.05) is 18.2 Å². The van der Waals surface area contributed by atoms with E-state index < -0.39 is 23.8 Å². The number of primary amides is 1. The molecular formula is C19H17N3O4. The fraction of sp³-hybridized carbons (Fsp3) is 0.158. The standard InChI is InChI=1S/C19H17N3O4/c1-12(23)26-16-7-3-6-15(10-16)19(25)22-17(18(21)24)9-13-4-2-5-14(8-13)11-20/h2-8,10,17H,9H2,1H3,(H2,21,24)(H,22,25)/t17-/m1/s1. The maximum Gasteiger partial charge on any atom is 0.308 e. The third-order valence-electron chi connectivity index (χ3n) is 3.50. The topological polar surface area (TPSA) is 122 Å². The largest absolute Gasteiger partial charge is 0.427 e. The van der Waals surface area contributed by atoms with Crippen molar-refractivity contribution >= 4 is 17.8 Å². The quantitative estimate of drug-likeness (QED) is 0.600. The highest BCUT2D eigenvalue weighted by molar-refractivity contribution is 5.97. The van der Waals surface area contributed by atoms with Crippen molar-refractivity contribution in [3.8, 4) is 11.8 Å². The van der Waals surface area contributed by atoms with Crippen LogP contribution in [-0.2, 0) is 16.0 Å². The average Bonchev–Trinajstić information content (AvgIpc) is 2.60. The Labute approximate surface area is 150 Å². The molecule has 0 heterocycles. The van der Waals surface area contributed by atoms with E-state index in [0.29, 0.717) is 11.1 Å². The van der Waals surface area contributed by atoms with E-state index in [2.05, 4.69) is 5.32 Å². The summed E-state index contributed by atoms with van der Waals surface area (Å²) < 4.78 is 4.94. The van der Waals surface area contributed by atoms with Gasteiger partial charge in [0, 0.05) is 18.9 Å². The minimum atomic E-state index is -0.950. The Morgan fingerprint density at radius 1 is 1.19 bits per heavy atom. The lowest BCUT2D eigenvalue weighted by molar-refractivity contribution is -0.131. The minimum absolute atomic E-state index is 0.153. The van der Waals surface area contributed by atoms with Gasteiger partial charge in [-0.3, -0.25) is 14.4 Å². The molecule has 0 aliphatic carbocycles. The summed E-state index contributed by atoms with van der Waals surface area (Å²) in [5.74, 6) is -1.51. The van der Waals surface area contributed by atoms with Crippen LogP contribution in [0.3, 0.4) is 0 Å². The summed E-state index contributed by atoms with van der Waals surface area (Å²) in [5, 5.41) is 11.5. The van der Waals surface area contributed by atoms with Crippen LogP contribution in [0.2, 0.25) is 0 Å². The molecule has 0 radical (unpaired) electrons. The van der Waals surface area contributed by atoms with Crippen LogP contribution in [-0.4, -0.2) is 23.8 Å². The highest BCUT2D eigenvalue weighted by Gasteiger charge is 2.20. The Hall–Kier alpha value is -3.66. The van der Waals surface area contributed by atoms with Crippen molar-refractivity contribution < 1.29 is 19.1 Å². The maximum atomic E-state index is 12.4. The van der Waals surface area contributed by atoms with Crippen molar-refractivity contribution in [2.75, 3.05) is 0 Å². The molecule has 2 aromatic carbocycles. The fourth-order valence-electron chi connectivity index (χ4n) is 2.33. The van der Waals surface area contributed by atoms with E-state index in [4.69, 9.17) is 15.7 Å². The van der Waals surface area contributed by atoms with Gasteiger partial charge < -0.3 is 15.8 Å². The molecule has 0 fully saturated rings.